The molecule has 0 amide bonds. The molecule has 1 aromatic carbocycles. The first kappa shape index (κ1) is 12.6. The van der Waals surface area contributed by atoms with Crippen LogP contribution in [0.25, 0.3) is 0 Å². The molecule has 1 aromatic rings. The van der Waals surface area contributed by atoms with Crippen molar-refractivity contribution in [3.05, 3.63) is 29.6 Å². The van der Waals surface area contributed by atoms with E-state index in [-0.39, 0.29) is 17.5 Å². The smallest absolute Gasteiger partial charge is 0.162 e. The molecule has 3 nitrogen and oxygen atoms in total. The molecule has 0 spiro atoms. The summed E-state index contributed by atoms with van der Waals surface area (Å²) in [5.74, 6) is -0.462. The Morgan fingerprint density at radius 1 is 1.50 bits per heavy atom. The van der Waals surface area contributed by atoms with Crippen LogP contribution < -0.4 is 4.74 Å². The zero-order valence-corrected chi connectivity index (χ0v) is 9.62. The van der Waals surface area contributed by atoms with Crippen molar-refractivity contribution < 1.29 is 18.7 Å². The number of hydrogen-bond acceptors (Lipinski definition) is 3. The highest BCUT2D eigenvalue weighted by Crippen LogP contribution is 2.17. The molecule has 16 heavy (non-hydrogen) atoms. The van der Waals surface area contributed by atoms with E-state index in [9.17, 15) is 9.18 Å². The summed E-state index contributed by atoms with van der Waals surface area (Å²) in [6, 6.07) is 4.20. The summed E-state index contributed by atoms with van der Waals surface area (Å²) in [6.07, 6.45) is -0.0597. The second-order valence-electron chi connectivity index (χ2n) is 3.56. The van der Waals surface area contributed by atoms with E-state index < -0.39 is 5.82 Å². The van der Waals surface area contributed by atoms with E-state index >= 15 is 0 Å². The second kappa shape index (κ2) is 5.61. The molecule has 0 saturated heterocycles. The molecule has 0 aliphatic rings. The molecule has 1 atom stereocenters. The fourth-order valence-electron chi connectivity index (χ4n) is 1.15. The van der Waals surface area contributed by atoms with E-state index in [0.717, 1.165) is 0 Å². The average molecular weight is 226 g/mol. The van der Waals surface area contributed by atoms with Gasteiger partial charge in [-0.3, -0.25) is 4.79 Å². The minimum absolute atomic E-state index is 0.0597. The van der Waals surface area contributed by atoms with E-state index in [4.69, 9.17) is 9.47 Å². The number of Topliss-reactive ketones (excluding diaryl/α,β-unsaturated/α-hetero) is 1. The summed E-state index contributed by atoms with van der Waals surface area (Å²) in [7, 11) is 1.58. The number of rotatable bonds is 5. The standard InChI is InChI=1S/C12H15FO3/c1-8(15-3)7-16-10-4-5-11(9(2)14)12(13)6-10/h4-6,8H,7H2,1-3H3. The van der Waals surface area contributed by atoms with Gasteiger partial charge in [-0.25, -0.2) is 4.39 Å². The maximum atomic E-state index is 13.4. The Morgan fingerprint density at radius 3 is 2.69 bits per heavy atom. The van der Waals surface area contributed by atoms with Crippen molar-refractivity contribution in [2.45, 2.75) is 20.0 Å². The van der Waals surface area contributed by atoms with Crippen LogP contribution in [0.3, 0.4) is 0 Å². The van der Waals surface area contributed by atoms with Gasteiger partial charge < -0.3 is 9.47 Å². The molecule has 0 aliphatic carbocycles. The summed E-state index contributed by atoms with van der Waals surface area (Å²) >= 11 is 0. The van der Waals surface area contributed by atoms with Crippen molar-refractivity contribution in [3.8, 4) is 5.75 Å². The van der Waals surface area contributed by atoms with E-state index in [1.165, 1.54) is 19.1 Å². The normalized spacial score (nSPS) is 12.2. The van der Waals surface area contributed by atoms with Gasteiger partial charge in [0.05, 0.1) is 11.7 Å². The maximum Gasteiger partial charge on any atom is 0.162 e. The van der Waals surface area contributed by atoms with E-state index in [0.29, 0.717) is 12.4 Å². The zero-order valence-electron chi connectivity index (χ0n) is 9.62. The first-order valence-corrected chi connectivity index (χ1v) is 5.00. The largest absolute Gasteiger partial charge is 0.491 e. The van der Waals surface area contributed by atoms with Gasteiger partial charge in [-0.2, -0.15) is 0 Å². The lowest BCUT2D eigenvalue weighted by Crippen LogP contribution is -2.16. The SMILES string of the molecule is COC(C)COc1ccc(C(C)=O)c(F)c1. The van der Waals surface area contributed by atoms with Crippen molar-refractivity contribution in [2.75, 3.05) is 13.7 Å². The number of hydrogen-bond donors (Lipinski definition) is 0. The summed E-state index contributed by atoms with van der Waals surface area (Å²) in [5.41, 5.74) is 0.0761. The Bertz CT molecular complexity index is 377. The topological polar surface area (TPSA) is 35.5 Å². The molecule has 0 aliphatic heterocycles. The van der Waals surface area contributed by atoms with Crippen LogP contribution in [0, 0.1) is 5.82 Å². The van der Waals surface area contributed by atoms with Crippen LogP contribution in [0.1, 0.15) is 24.2 Å². The number of carbonyl (C=O) groups excluding carboxylic acids is 1. The Balaban J connectivity index is 2.70. The molecular weight excluding hydrogens is 211 g/mol. The fourth-order valence-corrected chi connectivity index (χ4v) is 1.15. The zero-order chi connectivity index (χ0) is 12.1. The second-order valence-corrected chi connectivity index (χ2v) is 3.56. The lowest BCUT2D eigenvalue weighted by molar-refractivity contribution is 0.0715. The number of benzene rings is 1. The van der Waals surface area contributed by atoms with Crippen LogP contribution in [0.5, 0.6) is 5.75 Å². The molecule has 88 valence electrons. The predicted molar refractivity (Wildman–Crippen MR) is 58.4 cm³/mol. The molecule has 0 fully saturated rings. The fraction of sp³-hybridized carbons (Fsp3) is 0.417. The van der Waals surface area contributed by atoms with Crippen molar-refractivity contribution >= 4 is 5.78 Å². The third-order valence-electron chi connectivity index (χ3n) is 2.21. The highest BCUT2D eigenvalue weighted by Gasteiger charge is 2.09. The predicted octanol–water partition coefficient (Wildman–Crippen LogP) is 2.44. The number of ketones is 1. The molecule has 0 aromatic heterocycles. The van der Waals surface area contributed by atoms with Crippen LogP contribution in [-0.2, 0) is 4.74 Å². The van der Waals surface area contributed by atoms with Crippen LogP contribution in [0.15, 0.2) is 18.2 Å². The highest BCUT2D eigenvalue weighted by molar-refractivity contribution is 5.94. The van der Waals surface area contributed by atoms with E-state index in [1.54, 1.807) is 13.2 Å². The maximum absolute atomic E-state index is 13.4. The first-order valence-electron chi connectivity index (χ1n) is 5.00. The lowest BCUT2D eigenvalue weighted by atomic mass is 10.1. The number of halogens is 1. The first-order chi connectivity index (χ1) is 7.54. The van der Waals surface area contributed by atoms with Gasteiger partial charge in [0.2, 0.25) is 0 Å². The molecule has 0 N–H and O–H groups in total. The molecule has 1 unspecified atom stereocenters. The van der Waals surface area contributed by atoms with E-state index in [1.807, 2.05) is 6.92 Å². The molecular formula is C12H15FO3. The van der Waals surface area contributed by atoms with Crippen LogP contribution in [0.2, 0.25) is 0 Å². The highest BCUT2D eigenvalue weighted by atomic mass is 19.1. The van der Waals surface area contributed by atoms with Gasteiger partial charge in [0.25, 0.3) is 0 Å². The average Bonchev–Trinajstić information content (AvgIpc) is 2.25. The quantitative estimate of drug-likeness (QED) is 0.723. The Kier molecular flexibility index (Phi) is 4.43. The summed E-state index contributed by atoms with van der Waals surface area (Å²) in [5, 5.41) is 0. The summed E-state index contributed by atoms with van der Waals surface area (Å²) in [6.45, 7) is 3.52. The summed E-state index contributed by atoms with van der Waals surface area (Å²) < 4.78 is 23.7. The van der Waals surface area contributed by atoms with Gasteiger partial charge in [-0.1, -0.05) is 0 Å². The van der Waals surface area contributed by atoms with Crippen LogP contribution >= 0.6 is 0 Å². The molecule has 0 saturated carbocycles. The van der Waals surface area contributed by atoms with Gasteiger partial charge in [-0.05, 0) is 26.0 Å². The third-order valence-corrected chi connectivity index (χ3v) is 2.21. The van der Waals surface area contributed by atoms with Crippen molar-refractivity contribution in [2.24, 2.45) is 0 Å². The third kappa shape index (κ3) is 3.31. The molecule has 0 heterocycles. The number of methoxy groups -OCH3 is 1. The lowest BCUT2D eigenvalue weighted by Gasteiger charge is -2.11. The molecule has 4 heteroatoms. The van der Waals surface area contributed by atoms with Gasteiger partial charge in [-0.15, -0.1) is 0 Å². The monoisotopic (exact) mass is 226 g/mol. The molecule has 0 bridgehead atoms. The number of ether oxygens (including phenoxy) is 2. The summed E-state index contributed by atoms with van der Waals surface area (Å²) in [4.78, 5) is 11.0. The van der Waals surface area contributed by atoms with Gasteiger partial charge in [0, 0.05) is 13.2 Å². The van der Waals surface area contributed by atoms with Crippen molar-refractivity contribution in [3.63, 3.8) is 0 Å². The Labute approximate surface area is 94.2 Å². The van der Waals surface area contributed by atoms with Crippen LogP contribution in [0.4, 0.5) is 4.39 Å². The van der Waals surface area contributed by atoms with Gasteiger partial charge in [0.15, 0.2) is 5.78 Å². The minimum Gasteiger partial charge on any atom is -0.491 e. The van der Waals surface area contributed by atoms with Crippen molar-refractivity contribution in [1.29, 1.82) is 0 Å². The minimum atomic E-state index is -0.560. The van der Waals surface area contributed by atoms with Crippen molar-refractivity contribution in [1.82, 2.24) is 0 Å². The molecule has 1 rings (SSSR count). The van der Waals surface area contributed by atoms with E-state index in [2.05, 4.69) is 0 Å². The van der Waals surface area contributed by atoms with Crippen LogP contribution in [-0.4, -0.2) is 25.6 Å². The Hall–Kier alpha value is -1.42. The van der Waals surface area contributed by atoms with Gasteiger partial charge >= 0.3 is 0 Å². The number of carbonyl (C=O) groups is 1. The van der Waals surface area contributed by atoms with Gasteiger partial charge in [0.1, 0.15) is 18.2 Å². The Morgan fingerprint density at radius 2 is 2.19 bits per heavy atom. The molecule has 0 radical (unpaired) electrons.